The van der Waals surface area contributed by atoms with Gasteiger partial charge in [-0.1, -0.05) is 15.9 Å². The second-order valence-corrected chi connectivity index (χ2v) is 7.01. The Morgan fingerprint density at radius 3 is 1.86 bits per heavy atom. The fourth-order valence-electron chi connectivity index (χ4n) is 0.820. The van der Waals surface area contributed by atoms with Gasteiger partial charge in [0.2, 0.25) is 0 Å². The van der Waals surface area contributed by atoms with Gasteiger partial charge < -0.3 is 9.05 Å². The minimum Gasteiger partial charge on any atom is -0.303 e. The summed E-state index contributed by atoms with van der Waals surface area (Å²) in [6.07, 6.45) is 0. The molecule has 0 aromatic carbocycles. The van der Waals surface area contributed by atoms with E-state index < -0.39 is 17.4 Å². The molecule has 0 aliphatic carbocycles. The number of alkyl halides is 1. The minimum atomic E-state index is -3.62. The van der Waals surface area contributed by atoms with Crippen molar-refractivity contribution in [3.8, 4) is 0 Å². The van der Waals surface area contributed by atoms with Crippen LogP contribution in [0.2, 0.25) is 0 Å². The fraction of sp³-hybridized carbons (Fsp3) is 0.875. The van der Waals surface area contributed by atoms with Gasteiger partial charge in [-0.05, 0) is 27.7 Å². The van der Waals surface area contributed by atoms with Gasteiger partial charge in [0.1, 0.15) is 0 Å². The predicted octanol–water partition coefficient (Wildman–Crippen LogP) is 2.95. The van der Waals surface area contributed by atoms with Crippen molar-refractivity contribution in [3.05, 3.63) is 0 Å². The minimum absolute atomic E-state index is 0.187. The lowest BCUT2D eigenvalue weighted by molar-refractivity contribution is -0.115. The monoisotopic (exact) mass is 286 g/mol. The van der Waals surface area contributed by atoms with Gasteiger partial charge in [-0.3, -0.25) is 9.36 Å². The first kappa shape index (κ1) is 14.3. The molecule has 0 radical (unpaired) electrons. The van der Waals surface area contributed by atoms with Crippen molar-refractivity contribution in [3.63, 3.8) is 0 Å². The quantitative estimate of drug-likeness (QED) is 0.556. The summed E-state index contributed by atoms with van der Waals surface area (Å²) in [5.74, 6) is 0. The highest BCUT2D eigenvalue weighted by atomic mass is 79.9. The fourth-order valence-corrected chi connectivity index (χ4v) is 3.11. The van der Waals surface area contributed by atoms with Crippen molar-refractivity contribution in [1.82, 2.24) is 0 Å². The molecule has 0 aliphatic heterocycles. The van der Waals surface area contributed by atoms with Crippen molar-refractivity contribution < 1.29 is 18.4 Å². The Labute approximate surface area is 93.0 Å². The molecular weight excluding hydrogens is 271 g/mol. The maximum Gasteiger partial charge on any atom is 0.398 e. The summed E-state index contributed by atoms with van der Waals surface area (Å²) >= 11 is 3.14. The van der Waals surface area contributed by atoms with Gasteiger partial charge in [0.25, 0.3) is 5.52 Å². The summed E-state index contributed by atoms with van der Waals surface area (Å²) in [5.41, 5.74) is -0.548. The molecule has 0 spiro atoms. The normalized spacial score (nSPS) is 12.9. The molecule has 0 saturated carbocycles. The number of carbonyl (C=O) groups is 1. The number of hydrogen-bond donors (Lipinski definition) is 0. The van der Waals surface area contributed by atoms with Crippen molar-refractivity contribution in [2.24, 2.45) is 0 Å². The molecule has 14 heavy (non-hydrogen) atoms. The zero-order valence-corrected chi connectivity index (χ0v) is 11.4. The van der Waals surface area contributed by atoms with Crippen LogP contribution in [0.3, 0.4) is 0 Å². The van der Waals surface area contributed by atoms with E-state index in [-0.39, 0.29) is 13.2 Å². The van der Waals surface area contributed by atoms with Crippen LogP contribution >= 0.6 is 23.5 Å². The molecule has 0 saturated heterocycles. The maximum absolute atomic E-state index is 11.9. The van der Waals surface area contributed by atoms with Crippen LogP contribution in [0.15, 0.2) is 0 Å². The molecular formula is C8H16BrO4P. The number of halogens is 1. The largest absolute Gasteiger partial charge is 0.398 e. The van der Waals surface area contributed by atoms with Crippen LogP contribution in [0.25, 0.3) is 0 Å². The van der Waals surface area contributed by atoms with Gasteiger partial charge in [0.15, 0.2) is 0 Å². The van der Waals surface area contributed by atoms with E-state index in [1.807, 2.05) is 0 Å². The molecule has 0 N–H and O–H groups in total. The summed E-state index contributed by atoms with van der Waals surface area (Å²) in [6.45, 7) is 6.93. The average Bonchev–Trinajstić information content (AvgIpc) is 2.02. The van der Waals surface area contributed by atoms with Crippen molar-refractivity contribution >= 4 is 29.1 Å². The number of rotatable bonds is 6. The van der Waals surface area contributed by atoms with Crippen LogP contribution in [0.1, 0.15) is 27.7 Å². The van der Waals surface area contributed by atoms with Crippen LogP contribution < -0.4 is 0 Å². The van der Waals surface area contributed by atoms with E-state index in [4.69, 9.17) is 9.05 Å². The van der Waals surface area contributed by atoms with E-state index >= 15 is 0 Å². The summed E-state index contributed by atoms with van der Waals surface area (Å²) in [4.78, 5) is 11.7. The van der Waals surface area contributed by atoms with Gasteiger partial charge in [-0.25, -0.2) is 0 Å². The molecule has 0 unspecified atom stereocenters. The molecule has 0 aromatic rings. The smallest absolute Gasteiger partial charge is 0.303 e. The molecule has 0 rings (SSSR count). The zero-order chi connectivity index (χ0) is 11.4. The van der Waals surface area contributed by atoms with Crippen LogP contribution in [0, 0.1) is 0 Å². The molecule has 4 nitrogen and oxygen atoms in total. The lowest BCUT2D eigenvalue weighted by Crippen LogP contribution is -2.25. The van der Waals surface area contributed by atoms with Crippen molar-refractivity contribution in [2.45, 2.75) is 32.0 Å². The van der Waals surface area contributed by atoms with Gasteiger partial charge in [0.05, 0.1) is 17.5 Å². The van der Waals surface area contributed by atoms with Gasteiger partial charge >= 0.3 is 7.60 Å². The molecule has 0 aliphatic rings. The molecule has 0 bridgehead atoms. The Morgan fingerprint density at radius 2 is 1.64 bits per heavy atom. The number of carbonyl (C=O) groups excluding carboxylic acids is 1. The van der Waals surface area contributed by atoms with E-state index in [9.17, 15) is 9.36 Å². The second-order valence-electron chi connectivity index (χ2n) is 3.11. The molecule has 84 valence electrons. The van der Waals surface area contributed by atoms with E-state index in [1.165, 1.54) is 0 Å². The summed E-state index contributed by atoms with van der Waals surface area (Å²) in [7, 11) is -3.62. The van der Waals surface area contributed by atoms with Gasteiger partial charge in [0, 0.05) is 0 Å². The van der Waals surface area contributed by atoms with E-state index in [2.05, 4.69) is 15.9 Å². The van der Waals surface area contributed by atoms with Crippen molar-refractivity contribution in [2.75, 3.05) is 13.2 Å². The Balaban J connectivity index is 4.83. The molecule has 6 heteroatoms. The van der Waals surface area contributed by atoms with Crippen LogP contribution in [0.4, 0.5) is 0 Å². The van der Waals surface area contributed by atoms with Crippen LogP contribution in [-0.2, 0) is 18.4 Å². The lowest BCUT2D eigenvalue weighted by Gasteiger charge is -2.21. The third-order valence-corrected chi connectivity index (χ3v) is 4.27. The highest BCUT2D eigenvalue weighted by Gasteiger charge is 2.42. The third-order valence-electron chi connectivity index (χ3n) is 1.36. The lowest BCUT2D eigenvalue weighted by atomic mass is 10.2. The van der Waals surface area contributed by atoms with Crippen LogP contribution in [-0.4, -0.2) is 23.1 Å². The first-order valence-electron chi connectivity index (χ1n) is 4.41. The third kappa shape index (κ3) is 3.81. The summed E-state index contributed by atoms with van der Waals surface area (Å²) in [5, 5.41) is 0. The zero-order valence-electron chi connectivity index (χ0n) is 8.87. The Hall–Kier alpha value is 0.300. The average molecular weight is 287 g/mol. The highest BCUT2D eigenvalue weighted by Crippen LogP contribution is 2.53. The summed E-state index contributed by atoms with van der Waals surface area (Å²) < 4.78 is 20.9. The van der Waals surface area contributed by atoms with Crippen LogP contribution in [0.5, 0.6) is 0 Å². The van der Waals surface area contributed by atoms with E-state index in [0.29, 0.717) is 0 Å². The molecule has 0 aromatic heterocycles. The maximum atomic E-state index is 11.9. The Bertz CT molecular complexity index is 236. The standard InChI is InChI=1S/C8H16BrO4P/c1-5-12-14(11,13-6-2)7(10)8(3,4)9/h5-6H2,1-4H3. The first-order chi connectivity index (χ1) is 6.28. The van der Waals surface area contributed by atoms with Crippen molar-refractivity contribution in [1.29, 1.82) is 0 Å². The number of hydrogen-bond acceptors (Lipinski definition) is 4. The predicted molar refractivity (Wildman–Crippen MR) is 58.9 cm³/mol. The second kappa shape index (κ2) is 5.40. The Morgan fingerprint density at radius 1 is 1.29 bits per heavy atom. The molecule has 0 heterocycles. The first-order valence-corrected chi connectivity index (χ1v) is 6.74. The SMILES string of the molecule is CCOP(=O)(OCC)C(=O)C(C)(C)Br. The van der Waals surface area contributed by atoms with Gasteiger partial charge in [-0.15, -0.1) is 0 Å². The van der Waals surface area contributed by atoms with E-state index in [1.54, 1.807) is 27.7 Å². The molecule has 0 atom stereocenters. The molecule has 0 amide bonds. The summed E-state index contributed by atoms with van der Waals surface area (Å²) in [6, 6.07) is 0. The van der Waals surface area contributed by atoms with Gasteiger partial charge in [-0.2, -0.15) is 0 Å². The molecule has 0 fully saturated rings. The topological polar surface area (TPSA) is 52.6 Å². The Kier molecular flexibility index (Phi) is 5.52. The highest BCUT2D eigenvalue weighted by molar-refractivity contribution is 9.10. The van der Waals surface area contributed by atoms with E-state index in [0.717, 1.165) is 0 Å².